The number of alkyl halides is 2. The zero-order valence-corrected chi connectivity index (χ0v) is 16.3. The molecule has 1 fully saturated rings. The van der Waals surface area contributed by atoms with Crippen molar-refractivity contribution in [1.29, 1.82) is 0 Å². The zero-order chi connectivity index (χ0) is 20.1. The first-order valence-electron chi connectivity index (χ1n) is 9.03. The quantitative estimate of drug-likeness (QED) is 0.758. The molecular weight excluding hydrogens is 388 g/mol. The molecule has 0 aliphatic carbocycles. The number of benzene rings is 2. The third-order valence-corrected chi connectivity index (χ3v) is 6.07. The number of nitrogens with one attached hydrogen (secondary N) is 1. The molecule has 28 heavy (non-hydrogen) atoms. The minimum atomic E-state index is -4.11. The van der Waals surface area contributed by atoms with E-state index in [0.717, 1.165) is 38.4 Å². The molecular formula is C19H23F2N3O3S. The van der Waals surface area contributed by atoms with E-state index in [4.69, 9.17) is 0 Å². The Labute approximate surface area is 163 Å². The summed E-state index contributed by atoms with van der Waals surface area (Å²) in [7, 11) is -4.11. The van der Waals surface area contributed by atoms with Crippen LogP contribution in [-0.4, -0.2) is 52.7 Å². The third-order valence-electron chi connectivity index (χ3n) is 4.66. The lowest BCUT2D eigenvalue weighted by molar-refractivity contribution is -0.0517. The predicted molar refractivity (Wildman–Crippen MR) is 105 cm³/mol. The number of ether oxygens (including phenoxy) is 1. The molecule has 1 heterocycles. The fourth-order valence-corrected chi connectivity index (χ4v) is 4.42. The van der Waals surface area contributed by atoms with Crippen LogP contribution in [-0.2, 0) is 10.0 Å². The second kappa shape index (κ2) is 8.74. The van der Waals surface area contributed by atoms with Gasteiger partial charge in [0.2, 0.25) is 0 Å². The van der Waals surface area contributed by atoms with Crippen LogP contribution >= 0.6 is 0 Å². The highest BCUT2D eigenvalue weighted by atomic mass is 32.2. The van der Waals surface area contributed by atoms with Crippen LogP contribution in [0.1, 0.15) is 6.92 Å². The first kappa shape index (κ1) is 20.3. The van der Waals surface area contributed by atoms with Crippen molar-refractivity contribution in [3.05, 3.63) is 48.5 Å². The molecule has 0 unspecified atom stereocenters. The lowest BCUT2D eigenvalue weighted by Crippen LogP contribution is -2.46. The number of halogens is 2. The molecule has 152 valence electrons. The molecule has 2 aromatic rings. The molecule has 6 nitrogen and oxygen atoms in total. The Morgan fingerprint density at radius 1 is 1.04 bits per heavy atom. The van der Waals surface area contributed by atoms with Gasteiger partial charge in [-0.25, -0.2) is 8.42 Å². The van der Waals surface area contributed by atoms with Crippen molar-refractivity contribution in [3.8, 4) is 5.75 Å². The molecule has 0 atom stereocenters. The number of anilines is 2. The Bertz CT molecular complexity index is 901. The molecule has 1 N–H and O–H groups in total. The van der Waals surface area contributed by atoms with Crippen LogP contribution in [0.25, 0.3) is 0 Å². The molecule has 1 aliphatic heterocycles. The normalized spacial score (nSPS) is 15.6. The molecule has 0 spiro atoms. The molecule has 2 aromatic carbocycles. The number of para-hydroxylation sites is 3. The second-order valence-electron chi connectivity index (χ2n) is 6.37. The van der Waals surface area contributed by atoms with Gasteiger partial charge >= 0.3 is 6.61 Å². The molecule has 0 radical (unpaired) electrons. The highest BCUT2D eigenvalue weighted by Gasteiger charge is 2.24. The number of rotatable bonds is 7. The van der Waals surface area contributed by atoms with Crippen LogP contribution in [0.5, 0.6) is 5.75 Å². The number of hydrogen-bond acceptors (Lipinski definition) is 5. The second-order valence-corrected chi connectivity index (χ2v) is 8.02. The van der Waals surface area contributed by atoms with Crippen LogP contribution in [0.15, 0.2) is 53.4 Å². The lowest BCUT2D eigenvalue weighted by atomic mass is 10.2. The van der Waals surface area contributed by atoms with Gasteiger partial charge in [0.05, 0.1) is 11.4 Å². The van der Waals surface area contributed by atoms with Gasteiger partial charge < -0.3 is 14.5 Å². The molecule has 0 bridgehead atoms. The van der Waals surface area contributed by atoms with Gasteiger partial charge in [0, 0.05) is 26.2 Å². The van der Waals surface area contributed by atoms with E-state index in [1.807, 2.05) is 12.1 Å². The average molecular weight is 411 g/mol. The van der Waals surface area contributed by atoms with E-state index in [-0.39, 0.29) is 10.6 Å². The van der Waals surface area contributed by atoms with Crippen LogP contribution in [0.4, 0.5) is 20.2 Å². The van der Waals surface area contributed by atoms with Crippen molar-refractivity contribution < 1.29 is 21.9 Å². The Balaban J connectivity index is 1.86. The maximum Gasteiger partial charge on any atom is 0.387 e. The molecule has 1 saturated heterocycles. The number of likely N-dealkylation sites (N-methyl/N-ethyl adjacent to an activating group) is 1. The van der Waals surface area contributed by atoms with Gasteiger partial charge in [0.1, 0.15) is 10.6 Å². The summed E-state index contributed by atoms with van der Waals surface area (Å²) in [6.45, 7) is 3.30. The molecule has 9 heteroatoms. The Morgan fingerprint density at radius 2 is 1.68 bits per heavy atom. The van der Waals surface area contributed by atoms with Gasteiger partial charge in [-0.15, -0.1) is 0 Å². The van der Waals surface area contributed by atoms with Gasteiger partial charge in [-0.05, 0) is 30.8 Å². The summed E-state index contributed by atoms with van der Waals surface area (Å²) in [6.07, 6.45) is 0. The largest absolute Gasteiger partial charge is 0.433 e. The van der Waals surface area contributed by atoms with E-state index < -0.39 is 16.6 Å². The van der Waals surface area contributed by atoms with Crippen molar-refractivity contribution in [2.75, 3.05) is 42.3 Å². The van der Waals surface area contributed by atoms with Gasteiger partial charge in [0.15, 0.2) is 0 Å². The smallest absolute Gasteiger partial charge is 0.387 e. The van der Waals surface area contributed by atoms with Crippen LogP contribution in [0.2, 0.25) is 0 Å². The van der Waals surface area contributed by atoms with Gasteiger partial charge in [-0.3, -0.25) is 4.72 Å². The van der Waals surface area contributed by atoms with Crippen molar-refractivity contribution in [1.82, 2.24) is 4.90 Å². The lowest BCUT2D eigenvalue weighted by Gasteiger charge is -2.36. The van der Waals surface area contributed by atoms with Crippen molar-refractivity contribution in [2.24, 2.45) is 0 Å². The summed E-state index contributed by atoms with van der Waals surface area (Å²) < 4.78 is 57.9. The Morgan fingerprint density at radius 3 is 2.36 bits per heavy atom. The minimum Gasteiger partial charge on any atom is -0.433 e. The number of hydrogen-bond donors (Lipinski definition) is 1. The van der Waals surface area contributed by atoms with E-state index in [2.05, 4.69) is 26.2 Å². The average Bonchev–Trinajstić information content (AvgIpc) is 2.68. The summed E-state index contributed by atoms with van der Waals surface area (Å²) >= 11 is 0. The molecule has 0 saturated carbocycles. The maximum atomic E-state index is 12.9. The van der Waals surface area contributed by atoms with Crippen molar-refractivity contribution in [3.63, 3.8) is 0 Å². The fourth-order valence-electron chi connectivity index (χ4n) is 3.21. The predicted octanol–water partition coefficient (Wildman–Crippen LogP) is 3.23. The van der Waals surface area contributed by atoms with Crippen LogP contribution < -0.4 is 14.4 Å². The van der Waals surface area contributed by atoms with Gasteiger partial charge in [0.25, 0.3) is 10.0 Å². The van der Waals surface area contributed by atoms with Gasteiger partial charge in [-0.2, -0.15) is 8.78 Å². The SMILES string of the molecule is CCN1CCN(c2ccccc2NS(=O)(=O)c2ccccc2OC(F)F)CC1. The van der Waals surface area contributed by atoms with E-state index in [0.29, 0.717) is 5.69 Å². The zero-order valence-electron chi connectivity index (χ0n) is 15.5. The molecule has 0 aromatic heterocycles. The third kappa shape index (κ3) is 4.71. The summed E-state index contributed by atoms with van der Waals surface area (Å²) in [5.41, 5.74) is 1.16. The highest BCUT2D eigenvalue weighted by Crippen LogP contribution is 2.31. The summed E-state index contributed by atoms with van der Waals surface area (Å²) in [5, 5.41) is 0. The first-order chi connectivity index (χ1) is 13.4. The molecule has 3 rings (SSSR count). The highest BCUT2D eigenvalue weighted by molar-refractivity contribution is 7.92. The topological polar surface area (TPSA) is 61.9 Å². The fraction of sp³-hybridized carbons (Fsp3) is 0.368. The first-order valence-corrected chi connectivity index (χ1v) is 10.5. The maximum absolute atomic E-state index is 12.9. The Kier molecular flexibility index (Phi) is 6.35. The molecule has 1 aliphatic rings. The van der Waals surface area contributed by atoms with E-state index >= 15 is 0 Å². The van der Waals surface area contributed by atoms with Crippen molar-refractivity contribution in [2.45, 2.75) is 18.4 Å². The Hall–Kier alpha value is -2.39. The van der Waals surface area contributed by atoms with Crippen LogP contribution in [0.3, 0.4) is 0 Å². The van der Waals surface area contributed by atoms with E-state index in [9.17, 15) is 17.2 Å². The standard InChI is InChI=1S/C19H23F2N3O3S/c1-2-23-11-13-24(14-12-23)16-8-4-3-7-15(16)22-28(25,26)18-10-6-5-9-17(18)27-19(20)21/h3-10,19,22H,2,11-14H2,1H3. The number of piperazine rings is 1. The summed E-state index contributed by atoms with van der Waals surface area (Å²) in [4.78, 5) is 4.10. The molecule has 0 amide bonds. The minimum absolute atomic E-state index is 0.332. The number of sulfonamides is 1. The summed E-state index contributed by atoms with van der Waals surface area (Å²) in [6, 6.07) is 12.4. The van der Waals surface area contributed by atoms with Crippen LogP contribution in [0, 0.1) is 0 Å². The monoisotopic (exact) mass is 411 g/mol. The van der Waals surface area contributed by atoms with E-state index in [1.54, 1.807) is 12.1 Å². The van der Waals surface area contributed by atoms with E-state index in [1.165, 1.54) is 24.3 Å². The van der Waals surface area contributed by atoms with Gasteiger partial charge in [-0.1, -0.05) is 31.2 Å². The summed E-state index contributed by atoms with van der Waals surface area (Å²) in [5.74, 6) is -0.390. The number of nitrogens with zero attached hydrogens (tertiary/aromatic N) is 2. The van der Waals surface area contributed by atoms with Crippen molar-refractivity contribution >= 4 is 21.4 Å².